The molecule has 2 aromatic carbocycles. The predicted molar refractivity (Wildman–Crippen MR) is 148 cm³/mol. The molecule has 0 N–H and O–H groups in total. The summed E-state index contributed by atoms with van der Waals surface area (Å²) in [4.78, 5) is 0. The first-order valence-corrected chi connectivity index (χ1v) is 15.0. The summed E-state index contributed by atoms with van der Waals surface area (Å²) in [5.41, 5.74) is 1.08. The summed E-state index contributed by atoms with van der Waals surface area (Å²) >= 11 is 0. The minimum Gasteiger partial charge on any atom is -0.493 e. The number of halogens is 3. The average molecular weight is 531 g/mol. The summed E-state index contributed by atoms with van der Waals surface area (Å²) in [7, 11) is 0. The third kappa shape index (κ3) is 7.70. The van der Waals surface area contributed by atoms with Gasteiger partial charge in [-0.3, -0.25) is 0 Å². The van der Waals surface area contributed by atoms with E-state index >= 15 is 8.78 Å². The van der Waals surface area contributed by atoms with Gasteiger partial charge in [0, 0.05) is 6.07 Å². The molecule has 0 aromatic heterocycles. The first-order chi connectivity index (χ1) is 18.5. The van der Waals surface area contributed by atoms with E-state index in [1.165, 1.54) is 25.3 Å². The topological polar surface area (TPSA) is 18.5 Å². The number of ether oxygens (including phenoxy) is 2. The van der Waals surface area contributed by atoms with Gasteiger partial charge in [-0.1, -0.05) is 64.5 Å². The van der Waals surface area contributed by atoms with E-state index in [2.05, 4.69) is 13.8 Å². The van der Waals surface area contributed by atoms with Crippen molar-refractivity contribution in [1.29, 1.82) is 0 Å². The molecule has 0 atom stereocenters. The van der Waals surface area contributed by atoms with Crippen LogP contribution in [0.5, 0.6) is 11.5 Å². The van der Waals surface area contributed by atoms with E-state index in [0.29, 0.717) is 36.0 Å². The molecule has 2 nitrogen and oxygen atoms in total. The highest BCUT2D eigenvalue weighted by atomic mass is 19.2. The summed E-state index contributed by atoms with van der Waals surface area (Å²) in [6.07, 6.45) is 13.1. The van der Waals surface area contributed by atoms with Crippen LogP contribution in [0.1, 0.15) is 120 Å². The Labute approximate surface area is 227 Å². The van der Waals surface area contributed by atoms with Gasteiger partial charge >= 0.3 is 0 Å². The molecule has 38 heavy (non-hydrogen) atoms. The maximum Gasteiger partial charge on any atom is 0.168 e. The monoisotopic (exact) mass is 530 g/mol. The maximum atomic E-state index is 15.1. The van der Waals surface area contributed by atoms with Gasteiger partial charge in [0.25, 0.3) is 0 Å². The van der Waals surface area contributed by atoms with Crippen LogP contribution in [-0.4, -0.2) is 13.2 Å². The van der Waals surface area contributed by atoms with Crippen molar-refractivity contribution >= 4 is 0 Å². The lowest BCUT2D eigenvalue weighted by Crippen LogP contribution is -2.20. The molecule has 0 spiro atoms. The van der Waals surface area contributed by atoms with Crippen molar-refractivity contribution in [3.63, 3.8) is 0 Å². The van der Waals surface area contributed by atoms with Crippen LogP contribution in [-0.2, 0) is 0 Å². The van der Waals surface area contributed by atoms with Gasteiger partial charge in [0.05, 0.1) is 13.2 Å². The average Bonchev–Trinajstić information content (AvgIpc) is 2.93. The zero-order valence-electron chi connectivity index (χ0n) is 23.3. The van der Waals surface area contributed by atoms with Crippen LogP contribution in [0, 0.1) is 29.3 Å². The summed E-state index contributed by atoms with van der Waals surface area (Å²) in [6, 6.07) is 8.47. The van der Waals surface area contributed by atoms with Crippen LogP contribution in [0.4, 0.5) is 13.2 Å². The Hall–Kier alpha value is -2.17. The van der Waals surface area contributed by atoms with Crippen LogP contribution in [0.15, 0.2) is 30.3 Å². The van der Waals surface area contributed by atoms with Gasteiger partial charge in [-0.2, -0.15) is 0 Å². The first-order valence-electron chi connectivity index (χ1n) is 15.0. The van der Waals surface area contributed by atoms with Crippen molar-refractivity contribution in [3.05, 3.63) is 58.9 Å². The maximum absolute atomic E-state index is 15.1. The number of hydrogen-bond acceptors (Lipinski definition) is 2. The Bertz CT molecular complexity index is 1010. The van der Waals surface area contributed by atoms with E-state index in [9.17, 15) is 4.39 Å². The third-order valence-electron chi connectivity index (χ3n) is 8.78. The summed E-state index contributed by atoms with van der Waals surface area (Å²) in [6.45, 7) is 5.45. The molecule has 0 aliphatic heterocycles. The van der Waals surface area contributed by atoms with Gasteiger partial charge in [-0.15, -0.1) is 0 Å². The standard InChI is InChI=1S/C33H45F3O2/c1-3-4-5-6-7-20-37-27-16-19-31(30(34)21-27)38-22-24-10-14-26(15-11-24)29-18-17-28(32(35)33(29)36)25-12-8-23(2)9-13-25/h16-19,21,23-26H,3-15,20,22H2,1-2H3. The molecule has 0 amide bonds. The predicted octanol–water partition coefficient (Wildman–Crippen LogP) is 10.1. The zero-order valence-corrected chi connectivity index (χ0v) is 23.3. The smallest absolute Gasteiger partial charge is 0.168 e. The van der Waals surface area contributed by atoms with E-state index < -0.39 is 17.5 Å². The van der Waals surface area contributed by atoms with Gasteiger partial charge in [0.2, 0.25) is 0 Å². The molecule has 2 fully saturated rings. The van der Waals surface area contributed by atoms with Crippen molar-refractivity contribution in [2.24, 2.45) is 11.8 Å². The van der Waals surface area contributed by atoms with Crippen molar-refractivity contribution in [1.82, 2.24) is 0 Å². The summed E-state index contributed by atoms with van der Waals surface area (Å²) in [5.74, 6) is 0.201. The second kappa shape index (κ2) is 14.3. The van der Waals surface area contributed by atoms with Crippen LogP contribution < -0.4 is 9.47 Å². The second-order valence-corrected chi connectivity index (χ2v) is 11.7. The molecule has 4 rings (SSSR count). The number of unbranched alkanes of at least 4 members (excludes halogenated alkanes) is 4. The zero-order chi connectivity index (χ0) is 26.9. The minimum atomic E-state index is -0.647. The van der Waals surface area contributed by atoms with Gasteiger partial charge in [-0.05, 0) is 91.9 Å². The molecule has 0 unspecified atom stereocenters. The number of benzene rings is 2. The quantitative estimate of drug-likeness (QED) is 0.254. The fraction of sp³-hybridized carbons (Fsp3) is 0.636. The van der Waals surface area contributed by atoms with Crippen molar-refractivity contribution in [2.45, 2.75) is 109 Å². The molecule has 210 valence electrons. The summed E-state index contributed by atoms with van der Waals surface area (Å²) < 4.78 is 56.2. The van der Waals surface area contributed by atoms with E-state index in [1.54, 1.807) is 12.1 Å². The van der Waals surface area contributed by atoms with Gasteiger partial charge < -0.3 is 9.47 Å². The summed E-state index contributed by atoms with van der Waals surface area (Å²) in [5, 5.41) is 0. The normalized spacial score (nSPS) is 23.8. The molecule has 2 aliphatic rings. The first kappa shape index (κ1) is 28.8. The lowest BCUT2D eigenvalue weighted by molar-refractivity contribution is 0.193. The van der Waals surface area contributed by atoms with Crippen molar-refractivity contribution in [3.8, 4) is 11.5 Å². The highest BCUT2D eigenvalue weighted by Gasteiger charge is 2.29. The SMILES string of the molecule is CCCCCCCOc1ccc(OCC2CCC(c3ccc(C4CCC(C)CC4)c(F)c3F)CC2)c(F)c1. The minimum absolute atomic E-state index is 0.0244. The van der Waals surface area contributed by atoms with Crippen molar-refractivity contribution in [2.75, 3.05) is 13.2 Å². The molecule has 0 heterocycles. The van der Waals surface area contributed by atoms with Crippen LogP contribution in [0.25, 0.3) is 0 Å². The van der Waals surface area contributed by atoms with Gasteiger partial charge in [-0.25, -0.2) is 13.2 Å². The van der Waals surface area contributed by atoms with Gasteiger partial charge in [0.1, 0.15) is 5.75 Å². The molecule has 2 aromatic rings. The number of hydrogen-bond donors (Lipinski definition) is 0. The molecule has 2 saturated carbocycles. The Morgan fingerprint density at radius 1 is 0.711 bits per heavy atom. The van der Waals surface area contributed by atoms with Crippen molar-refractivity contribution < 1.29 is 22.6 Å². The van der Waals surface area contributed by atoms with E-state index in [-0.39, 0.29) is 23.5 Å². The molecule has 0 radical (unpaired) electrons. The molecule has 0 saturated heterocycles. The fourth-order valence-electron chi connectivity index (χ4n) is 6.21. The lowest BCUT2D eigenvalue weighted by atomic mass is 9.76. The molecule has 5 heteroatoms. The van der Waals surface area contributed by atoms with Gasteiger partial charge in [0.15, 0.2) is 23.2 Å². The van der Waals surface area contributed by atoms with Crippen LogP contribution in [0.2, 0.25) is 0 Å². The van der Waals surface area contributed by atoms with E-state index in [1.807, 2.05) is 12.1 Å². The molecular weight excluding hydrogens is 485 g/mol. The Morgan fingerprint density at radius 3 is 1.92 bits per heavy atom. The highest BCUT2D eigenvalue weighted by Crippen LogP contribution is 2.41. The Balaban J connectivity index is 1.22. The third-order valence-corrected chi connectivity index (χ3v) is 8.78. The Kier molecular flexibility index (Phi) is 10.8. The highest BCUT2D eigenvalue weighted by molar-refractivity contribution is 5.33. The number of rotatable bonds is 12. The molecule has 0 bridgehead atoms. The lowest BCUT2D eigenvalue weighted by Gasteiger charge is -2.30. The molecule has 2 aliphatic carbocycles. The fourth-order valence-corrected chi connectivity index (χ4v) is 6.21. The second-order valence-electron chi connectivity index (χ2n) is 11.7. The Morgan fingerprint density at radius 2 is 1.32 bits per heavy atom. The largest absolute Gasteiger partial charge is 0.493 e. The van der Waals surface area contributed by atoms with Crippen LogP contribution in [0.3, 0.4) is 0 Å². The molecular formula is C33H45F3O2. The van der Waals surface area contributed by atoms with Crippen LogP contribution >= 0.6 is 0 Å². The van der Waals surface area contributed by atoms with E-state index in [0.717, 1.165) is 64.2 Å². The van der Waals surface area contributed by atoms with E-state index in [4.69, 9.17) is 9.47 Å².